The van der Waals surface area contributed by atoms with Gasteiger partial charge in [-0.25, -0.2) is 9.37 Å². The first-order chi connectivity index (χ1) is 8.16. The Balaban J connectivity index is 2.17. The monoisotopic (exact) mass is 233 g/mol. The molecule has 5 heteroatoms. The topological polar surface area (TPSA) is 60.9 Å². The first-order valence-corrected chi connectivity index (χ1v) is 5.18. The van der Waals surface area contributed by atoms with Gasteiger partial charge in [-0.1, -0.05) is 12.1 Å². The number of hydrogen-bond acceptors (Lipinski definition) is 3. The van der Waals surface area contributed by atoms with Gasteiger partial charge in [0, 0.05) is 24.8 Å². The molecule has 1 aromatic heterocycles. The van der Waals surface area contributed by atoms with E-state index in [0.717, 1.165) is 5.56 Å². The van der Waals surface area contributed by atoms with Gasteiger partial charge in [0.05, 0.1) is 6.33 Å². The fourth-order valence-corrected chi connectivity index (χ4v) is 1.54. The number of rotatable bonds is 3. The van der Waals surface area contributed by atoms with Gasteiger partial charge in [-0.15, -0.1) is 0 Å². The maximum Gasteiger partial charge on any atom is 0.253 e. The second-order valence-electron chi connectivity index (χ2n) is 3.73. The number of hydrogen-bond donors (Lipinski definition) is 1. The molecule has 0 spiro atoms. The highest BCUT2D eigenvalue weighted by Crippen LogP contribution is 2.12. The second kappa shape index (κ2) is 4.88. The third kappa shape index (κ3) is 2.76. The predicted molar refractivity (Wildman–Crippen MR) is 61.8 cm³/mol. The maximum atomic E-state index is 12.7. The number of nitrogens with two attached hydrogens (primary N) is 1. The van der Waals surface area contributed by atoms with Crippen LogP contribution >= 0.6 is 0 Å². The zero-order chi connectivity index (χ0) is 12.3. The molecule has 0 aliphatic heterocycles. The summed E-state index contributed by atoms with van der Waals surface area (Å²) in [7, 11) is 0. The lowest BCUT2D eigenvalue weighted by Crippen LogP contribution is -2.26. The molecule has 0 saturated carbocycles. The molecule has 2 rings (SSSR count). The van der Waals surface area contributed by atoms with Gasteiger partial charge in [-0.05, 0) is 17.7 Å². The molecular formula is C12H12FN3O. The summed E-state index contributed by atoms with van der Waals surface area (Å²) >= 11 is 0. The van der Waals surface area contributed by atoms with Crippen LogP contribution in [-0.4, -0.2) is 9.55 Å². The molecule has 0 radical (unpaired) electrons. The van der Waals surface area contributed by atoms with E-state index in [4.69, 9.17) is 5.73 Å². The quantitative estimate of drug-likeness (QED) is 0.863. The van der Waals surface area contributed by atoms with Crippen LogP contribution in [0.15, 0.2) is 47.7 Å². The van der Waals surface area contributed by atoms with Crippen molar-refractivity contribution in [3.63, 3.8) is 0 Å². The van der Waals surface area contributed by atoms with Crippen LogP contribution in [0, 0.1) is 5.82 Å². The SMILES string of the molecule is NC(Cn1cnccc1=O)c1ccc(F)cc1. The minimum Gasteiger partial charge on any atom is -0.322 e. The van der Waals surface area contributed by atoms with Crippen molar-refractivity contribution in [2.45, 2.75) is 12.6 Å². The Morgan fingerprint density at radius 3 is 2.65 bits per heavy atom. The Hall–Kier alpha value is -2.01. The van der Waals surface area contributed by atoms with Crippen molar-refractivity contribution < 1.29 is 4.39 Å². The molecule has 17 heavy (non-hydrogen) atoms. The summed E-state index contributed by atoms with van der Waals surface area (Å²) in [5.41, 5.74) is 6.56. The molecule has 1 heterocycles. The molecule has 2 N–H and O–H groups in total. The highest BCUT2D eigenvalue weighted by atomic mass is 19.1. The summed E-state index contributed by atoms with van der Waals surface area (Å²) in [6, 6.07) is 6.93. The summed E-state index contributed by atoms with van der Waals surface area (Å²) in [5.74, 6) is -0.306. The number of aromatic nitrogens is 2. The average Bonchev–Trinajstić information content (AvgIpc) is 2.33. The lowest BCUT2D eigenvalue weighted by atomic mass is 10.1. The Morgan fingerprint density at radius 2 is 2.00 bits per heavy atom. The molecule has 1 unspecified atom stereocenters. The van der Waals surface area contributed by atoms with Gasteiger partial charge >= 0.3 is 0 Å². The fourth-order valence-electron chi connectivity index (χ4n) is 1.54. The summed E-state index contributed by atoms with van der Waals surface area (Å²) in [6.45, 7) is 0.318. The molecule has 1 atom stereocenters. The van der Waals surface area contributed by atoms with Crippen LogP contribution in [0.1, 0.15) is 11.6 Å². The molecular weight excluding hydrogens is 221 g/mol. The highest BCUT2D eigenvalue weighted by Gasteiger charge is 2.07. The Morgan fingerprint density at radius 1 is 1.29 bits per heavy atom. The summed E-state index contributed by atoms with van der Waals surface area (Å²) in [4.78, 5) is 15.3. The summed E-state index contributed by atoms with van der Waals surface area (Å²) in [6.07, 6.45) is 2.87. The minimum absolute atomic E-state index is 0.155. The van der Waals surface area contributed by atoms with E-state index in [1.165, 1.54) is 35.3 Å². The van der Waals surface area contributed by atoms with E-state index >= 15 is 0 Å². The molecule has 0 amide bonds. The molecule has 0 aliphatic carbocycles. The summed E-state index contributed by atoms with van der Waals surface area (Å²) < 4.78 is 14.2. The maximum absolute atomic E-state index is 12.7. The zero-order valence-electron chi connectivity index (χ0n) is 9.08. The minimum atomic E-state index is -0.363. The number of nitrogens with zero attached hydrogens (tertiary/aromatic N) is 2. The van der Waals surface area contributed by atoms with Crippen molar-refractivity contribution in [3.8, 4) is 0 Å². The van der Waals surface area contributed by atoms with E-state index in [2.05, 4.69) is 4.98 Å². The third-order valence-corrected chi connectivity index (χ3v) is 2.48. The van der Waals surface area contributed by atoms with Gasteiger partial charge in [0.2, 0.25) is 0 Å². The van der Waals surface area contributed by atoms with Crippen LogP contribution in [-0.2, 0) is 6.54 Å². The van der Waals surface area contributed by atoms with Crippen LogP contribution < -0.4 is 11.3 Å². The van der Waals surface area contributed by atoms with Crippen LogP contribution in [0.25, 0.3) is 0 Å². The van der Waals surface area contributed by atoms with E-state index in [9.17, 15) is 9.18 Å². The predicted octanol–water partition coefficient (Wildman–Crippen LogP) is 1.08. The molecule has 88 valence electrons. The van der Waals surface area contributed by atoms with Gasteiger partial charge in [0.25, 0.3) is 5.56 Å². The van der Waals surface area contributed by atoms with Gasteiger partial charge in [0.1, 0.15) is 5.82 Å². The lowest BCUT2D eigenvalue weighted by molar-refractivity contribution is 0.552. The molecule has 0 bridgehead atoms. The van der Waals surface area contributed by atoms with Gasteiger partial charge in [0.15, 0.2) is 0 Å². The Bertz CT molecular complexity index is 550. The van der Waals surface area contributed by atoms with E-state index in [1.807, 2.05) is 0 Å². The Labute approximate surface area is 97.5 Å². The van der Waals surface area contributed by atoms with E-state index < -0.39 is 0 Å². The third-order valence-electron chi connectivity index (χ3n) is 2.48. The van der Waals surface area contributed by atoms with E-state index in [1.54, 1.807) is 12.1 Å². The van der Waals surface area contributed by atoms with Crippen molar-refractivity contribution in [2.24, 2.45) is 5.73 Å². The van der Waals surface area contributed by atoms with Crippen molar-refractivity contribution in [2.75, 3.05) is 0 Å². The van der Waals surface area contributed by atoms with Crippen LogP contribution in [0.2, 0.25) is 0 Å². The molecule has 1 aromatic carbocycles. The van der Waals surface area contributed by atoms with Crippen molar-refractivity contribution in [3.05, 3.63) is 64.6 Å². The van der Waals surface area contributed by atoms with Gasteiger partial charge < -0.3 is 5.73 Å². The zero-order valence-corrected chi connectivity index (χ0v) is 9.08. The van der Waals surface area contributed by atoms with Crippen LogP contribution in [0.4, 0.5) is 4.39 Å². The van der Waals surface area contributed by atoms with Crippen molar-refractivity contribution >= 4 is 0 Å². The molecule has 0 fully saturated rings. The lowest BCUT2D eigenvalue weighted by Gasteiger charge is -2.13. The normalized spacial score (nSPS) is 12.4. The average molecular weight is 233 g/mol. The fraction of sp³-hybridized carbons (Fsp3) is 0.167. The standard InChI is InChI=1S/C12H12FN3O/c13-10-3-1-9(2-4-10)11(14)7-16-8-15-6-5-12(16)17/h1-6,8,11H,7,14H2. The van der Waals surface area contributed by atoms with Crippen LogP contribution in [0.3, 0.4) is 0 Å². The summed E-state index contributed by atoms with van der Waals surface area (Å²) in [5, 5.41) is 0. The van der Waals surface area contributed by atoms with E-state index in [0.29, 0.717) is 6.54 Å². The molecule has 2 aromatic rings. The first-order valence-electron chi connectivity index (χ1n) is 5.18. The smallest absolute Gasteiger partial charge is 0.253 e. The van der Waals surface area contributed by atoms with E-state index in [-0.39, 0.29) is 17.4 Å². The second-order valence-corrected chi connectivity index (χ2v) is 3.73. The number of halogens is 1. The molecule has 4 nitrogen and oxygen atoms in total. The Kier molecular flexibility index (Phi) is 3.30. The molecule has 0 saturated heterocycles. The van der Waals surface area contributed by atoms with Crippen molar-refractivity contribution in [1.82, 2.24) is 9.55 Å². The van der Waals surface area contributed by atoms with Crippen molar-refractivity contribution in [1.29, 1.82) is 0 Å². The largest absolute Gasteiger partial charge is 0.322 e. The highest BCUT2D eigenvalue weighted by molar-refractivity contribution is 5.19. The number of benzene rings is 1. The van der Waals surface area contributed by atoms with Gasteiger partial charge in [-0.2, -0.15) is 0 Å². The van der Waals surface area contributed by atoms with Crippen LogP contribution in [0.5, 0.6) is 0 Å². The first kappa shape index (κ1) is 11.5. The molecule has 0 aliphatic rings. The van der Waals surface area contributed by atoms with Gasteiger partial charge in [-0.3, -0.25) is 9.36 Å².